The van der Waals surface area contributed by atoms with Gasteiger partial charge in [0.25, 0.3) is 5.91 Å². The summed E-state index contributed by atoms with van der Waals surface area (Å²) >= 11 is 0. The van der Waals surface area contributed by atoms with Crippen molar-refractivity contribution < 1.29 is 22.8 Å². The predicted molar refractivity (Wildman–Crippen MR) is 101 cm³/mol. The van der Waals surface area contributed by atoms with Gasteiger partial charge >= 0.3 is 6.18 Å². The molecule has 1 saturated heterocycles. The first kappa shape index (κ1) is 20.8. The highest BCUT2D eigenvalue weighted by molar-refractivity contribution is 5.94. The minimum atomic E-state index is -4.54. The van der Waals surface area contributed by atoms with Crippen LogP contribution in [0.15, 0.2) is 42.6 Å². The zero-order chi connectivity index (χ0) is 21.0. The van der Waals surface area contributed by atoms with Crippen LogP contribution >= 0.6 is 0 Å². The highest BCUT2D eigenvalue weighted by atomic mass is 19.4. The van der Waals surface area contributed by atoms with E-state index in [1.54, 1.807) is 17.0 Å². The molecule has 1 aliphatic rings. The zero-order valence-electron chi connectivity index (χ0n) is 15.9. The number of piperazine rings is 1. The van der Waals surface area contributed by atoms with E-state index in [-0.39, 0.29) is 18.1 Å². The summed E-state index contributed by atoms with van der Waals surface area (Å²) in [5.74, 6) is -0.648. The second-order valence-corrected chi connectivity index (χ2v) is 6.85. The van der Waals surface area contributed by atoms with Gasteiger partial charge in [-0.2, -0.15) is 13.2 Å². The van der Waals surface area contributed by atoms with Gasteiger partial charge in [0, 0.05) is 38.1 Å². The van der Waals surface area contributed by atoms with E-state index in [0.717, 1.165) is 11.8 Å². The number of hydrogen-bond acceptors (Lipinski definition) is 4. The number of para-hydroxylation sites is 1. The molecule has 0 saturated carbocycles. The lowest BCUT2D eigenvalue weighted by Crippen LogP contribution is -2.50. The minimum Gasteiger partial charge on any atom is -0.336 e. The summed E-state index contributed by atoms with van der Waals surface area (Å²) in [5, 5.41) is 2.34. The Hall–Kier alpha value is -2.94. The molecule has 1 aromatic carbocycles. The van der Waals surface area contributed by atoms with E-state index in [9.17, 15) is 22.8 Å². The van der Waals surface area contributed by atoms with Gasteiger partial charge in [0.2, 0.25) is 5.91 Å². The molecule has 2 aromatic rings. The van der Waals surface area contributed by atoms with Crippen LogP contribution in [0.5, 0.6) is 0 Å². The Morgan fingerprint density at radius 2 is 1.76 bits per heavy atom. The fraction of sp³-hybridized carbons (Fsp3) is 0.350. The Bertz CT molecular complexity index is 876. The molecule has 0 radical (unpaired) electrons. The highest BCUT2D eigenvalue weighted by Gasteiger charge is 2.33. The first-order valence-electron chi connectivity index (χ1n) is 9.14. The Morgan fingerprint density at radius 3 is 2.38 bits per heavy atom. The third kappa shape index (κ3) is 5.32. The summed E-state index contributed by atoms with van der Waals surface area (Å²) < 4.78 is 39.1. The molecule has 29 heavy (non-hydrogen) atoms. The molecule has 1 aromatic heterocycles. The van der Waals surface area contributed by atoms with Crippen molar-refractivity contribution in [2.45, 2.75) is 13.1 Å². The first-order valence-corrected chi connectivity index (χ1v) is 9.14. The summed E-state index contributed by atoms with van der Waals surface area (Å²) in [4.78, 5) is 32.3. The molecule has 0 atom stereocenters. The predicted octanol–water partition coefficient (Wildman–Crippen LogP) is 2.81. The number of aryl methyl sites for hydroxylation is 1. The van der Waals surface area contributed by atoms with Gasteiger partial charge in [-0.25, -0.2) is 0 Å². The van der Waals surface area contributed by atoms with Crippen LogP contribution in [0.3, 0.4) is 0 Å². The Morgan fingerprint density at radius 1 is 1.07 bits per heavy atom. The van der Waals surface area contributed by atoms with E-state index >= 15 is 0 Å². The largest absolute Gasteiger partial charge is 0.418 e. The monoisotopic (exact) mass is 406 g/mol. The molecular weight excluding hydrogens is 385 g/mol. The lowest BCUT2D eigenvalue weighted by atomic mass is 10.1. The number of nitrogens with one attached hydrogen (secondary N) is 1. The molecule has 0 bridgehead atoms. The third-order valence-corrected chi connectivity index (χ3v) is 4.69. The third-order valence-electron chi connectivity index (χ3n) is 4.69. The maximum Gasteiger partial charge on any atom is 0.418 e. The normalized spacial score (nSPS) is 15.2. The number of carbonyl (C=O) groups is 2. The maximum atomic E-state index is 13.0. The number of benzene rings is 1. The van der Waals surface area contributed by atoms with Gasteiger partial charge in [0.05, 0.1) is 23.4 Å². The molecule has 0 spiro atoms. The quantitative estimate of drug-likeness (QED) is 0.848. The van der Waals surface area contributed by atoms with E-state index in [1.807, 2.05) is 11.8 Å². The minimum absolute atomic E-state index is 0.0414. The van der Waals surface area contributed by atoms with Crippen LogP contribution in [0.1, 0.15) is 21.6 Å². The van der Waals surface area contributed by atoms with Crippen LogP contribution < -0.4 is 5.32 Å². The number of alkyl halides is 3. The molecule has 154 valence electrons. The van der Waals surface area contributed by atoms with E-state index in [4.69, 9.17) is 0 Å². The van der Waals surface area contributed by atoms with Crippen molar-refractivity contribution in [1.82, 2.24) is 14.8 Å². The van der Waals surface area contributed by atoms with Crippen molar-refractivity contribution in [3.05, 3.63) is 59.4 Å². The Balaban J connectivity index is 1.53. The van der Waals surface area contributed by atoms with Crippen LogP contribution in [-0.2, 0) is 11.0 Å². The number of halogens is 3. The molecule has 3 rings (SSSR count). The van der Waals surface area contributed by atoms with Crippen LogP contribution in [0.4, 0.5) is 18.9 Å². The maximum absolute atomic E-state index is 13.0. The second kappa shape index (κ2) is 8.60. The molecule has 6 nitrogen and oxygen atoms in total. The average molecular weight is 406 g/mol. The standard InChI is InChI=1S/C20H21F3N4O2/c1-14-6-7-15(12-24-14)19(29)27-10-8-26(9-11-27)13-18(28)25-17-5-3-2-4-16(17)20(21,22)23/h2-7,12H,8-11,13H2,1H3,(H,25,28). The Kier molecular flexibility index (Phi) is 6.17. The molecule has 2 amide bonds. The van der Waals surface area contributed by atoms with Gasteiger partial charge in [-0.3, -0.25) is 19.5 Å². The number of rotatable bonds is 4. The number of nitrogens with zero attached hydrogens (tertiary/aromatic N) is 3. The van der Waals surface area contributed by atoms with E-state index in [2.05, 4.69) is 10.3 Å². The van der Waals surface area contributed by atoms with Gasteiger partial charge in [-0.05, 0) is 31.2 Å². The molecule has 2 heterocycles. The topological polar surface area (TPSA) is 65.5 Å². The van der Waals surface area contributed by atoms with Crippen LogP contribution in [0, 0.1) is 6.92 Å². The van der Waals surface area contributed by atoms with Crippen LogP contribution in [0.2, 0.25) is 0 Å². The van der Waals surface area contributed by atoms with Gasteiger partial charge in [-0.15, -0.1) is 0 Å². The van der Waals surface area contributed by atoms with Crippen molar-refractivity contribution in [2.24, 2.45) is 0 Å². The number of pyridine rings is 1. The number of aromatic nitrogens is 1. The lowest BCUT2D eigenvalue weighted by molar-refractivity contribution is -0.137. The summed E-state index contributed by atoms with van der Waals surface area (Å²) in [5.41, 5.74) is 0.191. The summed E-state index contributed by atoms with van der Waals surface area (Å²) in [6.07, 6.45) is -3.00. The molecular formula is C20H21F3N4O2. The summed E-state index contributed by atoms with van der Waals surface area (Å²) in [6, 6.07) is 8.37. The molecule has 0 aliphatic carbocycles. The van der Waals surface area contributed by atoms with Crippen molar-refractivity contribution in [3.8, 4) is 0 Å². The first-order chi connectivity index (χ1) is 13.7. The average Bonchev–Trinajstić information content (AvgIpc) is 2.68. The fourth-order valence-corrected chi connectivity index (χ4v) is 3.12. The highest BCUT2D eigenvalue weighted by Crippen LogP contribution is 2.34. The van der Waals surface area contributed by atoms with Crippen molar-refractivity contribution in [1.29, 1.82) is 0 Å². The Labute approximate surface area is 166 Å². The lowest BCUT2D eigenvalue weighted by Gasteiger charge is -2.34. The van der Waals surface area contributed by atoms with Gasteiger partial charge in [-0.1, -0.05) is 12.1 Å². The SMILES string of the molecule is Cc1ccc(C(=O)N2CCN(CC(=O)Nc3ccccc3C(F)(F)F)CC2)cn1. The van der Waals surface area contributed by atoms with E-state index < -0.39 is 17.6 Å². The fourth-order valence-electron chi connectivity index (χ4n) is 3.12. The van der Waals surface area contributed by atoms with Crippen LogP contribution in [-0.4, -0.2) is 59.3 Å². The van der Waals surface area contributed by atoms with Gasteiger partial charge < -0.3 is 10.2 Å². The van der Waals surface area contributed by atoms with Crippen molar-refractivity contribution >= 4 is 17.5 Å². The zero-order valence-corrected chi connectivity index (χ0v) is 15.9. The van der Waals surface area contributed by atoms with Gasteiger partial charge in [0.15, 0.2) is 0 Å². The number of amides is 2. The van der Waals surface area contributed by atoms with Crippen LogP contribution in [0.25, 0.3) is 0 Å². The van der Waals surface area contributed by atoms with Crippen molar-refractivity contribution in [2.75, 3.05) is 38.0 Å². The molecule has 1 N–H and O–H groups in total. The number of anilines is 1. The van der Waals surface area contributed by atoms with Gasteiger partial charge in [0.1, 0.15) is 0 Å². The molecule has 1 aliphatic heterocycles. The smallest absolute Gasteiger partial charge is 0.336 e. The summed E-state index contributed by atoms with van der Waals surface area (Å²) in [7, 11) is 0. The molecule has 0 unspecified atom stereocenters. The van der Waals surface area contributed by atoms with E-state index in [1.165, 1.54) is 24.4 Å². The number of carbonyl (C=O) groups excluding carboxylic acids is 2. The van der Waals surface area contributed by atoms with Crippen molar-refractivity contribution in [3.63, 3.8) is 0 Å². The second-order valence-electron chi connectivity index (χ2n) is 6.85. The van der Waals surface area contributed by atoms with E-state index in [0.29, 0.717) is 31.7 Å². The molecule has 1 fully saturated rings. The summed E-state index contributed by atoms with van der Waals surface area (Å²) in [6.45, 7) is 3.57. The number of hydrogen-bond donors (Lipinski definition) is 1. The molecule has 9 heteroatoms.